The third kappa shape index (κ3) is 3.23. The first-order valence-electron chi connectivity index (χ1n) is 11.5. The maximum atomic E-state index is 13.4. The Kier molecular flexibility index (Phi) is 4.68. The highest BCUT2D eigenvalue weighted by Gasteiger charge is 2.55. The van der Waals surface area contributed by atoms with Gasteiger partial charge in [-0.1, -0.05) is 26.0 Å². The van der Waals surface area contributed by atoms with Crippen LogP contribution in [0, 0.1) is 5.41 Å². The first-order chi connectivity index (χ1) is 14.4. The van der Waals surface area contributed by atoms with Crippen molar-refractivity contribution in [3.8, 4) is 0 Å². The molecule has 5 nitrogen and oxygen atoms in total. The number of aliphatic carboxylic acids is 1. The number of nitrogens with one attached hydrogen (secondary N) is 1. The van der Waals surface area contributed by atoms with Gasteiger partial charge in [0.1, 0.15) is 0 Å². The Morgan fingerprint density at radius 2 is 2.03 bits per heavy atom. The normalized spacial score (nSPS) is 28.9. The molecule has 4 aliphatic rings. The van der Waals surface area contributed by atoms with Crippen molar-refractivity contribution in [1.29, 1.82) is 0 Å². The molecule has 1 aromatic heterocycles. The molecule has 1 amide bonds. The molecule has 1 aromatic carbocycles. The largest absolute Gasteiger partial charge is 0.481 e. The van der Waals surface area contributed by atoms with Gasteiger partial charge in [0.15, 0.2) is 0 Å². The van der Waals surface area contributed by atoms with Gasteiger partial charge in [-0.25, -0.2) is 0 Å². The fraction of sp³-hybridized carbons (Fsp3) is 0.600. The van der Waals surface area contributed by atoms with Gasteiger partial charge < -0.3 is 15.0 Å². The molecule has 160 valence electrons. The summed E-state index contributed by atoms with van der Waals surface area (Å²) in [4.78, 5) is 30.2. The van der Waals surface area contributed by atoms with E-state index in [2.05, 4.69) is 48.1 Å². The van der Waals surface area contributed by atoms with Gasteiger partial charge in [-0.15, -0.1) is 0 Å². The van der Waals surface area contributed by atoms with Crippen molar-refractivity contribution < 1.29 is 14.7 Å². The molecular weight excluding hydrogens is 376 g/mol. The molecule has 30 heavy (non-hydrogen) atoms. The lowest BCUT2D eigenvalue weighted by Gasteiger charge is -2.60. The van der Waals surface area contributed by atoms with Gasteiger partial charge in [-0.3, -0.25) is 9.59 Å². The summed E-state index contributed by atoms with van der Waals surface area (Å²) >= 11 is 0. The topological polar surface area (TPSA) is 73.4 Å². The Hall–Kier alpha value is -2.30. The Labute approximate surface area is 177 Å². The molecule has 3 heterocycles. The number of carboxylic acids is 1. The number of carbonyl (C=O) groups excluding carboxylic acids is 1. The summed E-state index contributed by atoms with van der Waals surface area (Å²) in [5, 5.41) is 10.6. The second kappa shape index (κ2) is 7.14. The number of benzene rings is 1. The van der Waals surface area contributed by atoms with Gasteiger partial charge in [0.25, 0.3) is 0 Å². The fourth-order valence-corrected chi connectivity index (χ4v) is 6.33. The standard InChI is InChI=1S/C25H32N2O3/c1-3-17-10-25(13-23(29)30)11-18(12-25)27(17)22(28)9-15(2)20-14-26-21-6-4-5-19(24(20)21)16-7-8-16/h4-6,14-18,26H,3,7-13H2,1-2H3,(H,29,30). The van der Waals surface area contributed by atoms with E-state index < -0.39 is 5.97 Å². The minimum absolute atomic E-state index is 0.0738. The lowest BCUT2D eigenvalue weighted by Crippen LogP contribution is -2.64. The highest BCUT2D eigenvalue weighted by molar-refractivity contribution is 5.89. The summed E-state index contributed by atoms with van der Waals surface area (Å²) < 4.78 is 0. The number of aromatic amines is 1. The van der Waals surface area contributed by atoms with E-state index in [1.165, 1.54) is 34.9 Å². The zero-order valence-electron chi connectivity index (χ0n) is 18.0. The van der Waals surface area contributed by atoms with Crippen molar-refractivity contribution in [1.82, 2.24) is 9.88 Å². The highest BCUT2D eigenvalue weighted by Crippen LogP contribution is 2.56. The predicted molar refractivity (Wildman–Crippen MR) is 117 cm³/mol. The molecule has 0 radical (unpaired) electrons. The van der Waals surface area contributed by atoms with Crippen molar-refractivity contribution in [2.75, 3.05) is 0 Å². The Morgan fingerprint density at radius 3 is 2.70 bits per heavy atom. The van der Waals surface area contributed by atoms with Crippen LogP contribution in [-0.2, 0) is 9.59 Å². The number of aromatic nitrogens is 1. The fourth-order valence-electron chi connectivity index (χ4n) is 6.33. The second-order valence-electron chi connectivity index (χ2n) is 10.1. The van der Waals surface area contributed by atoms with Crippen molar-refractivity contribution in [3.63, 3.8) is 0 Å². The lowest BCUT2D eigenvalue weighted by molar-refractivity contribution is -0.164. The number of rotatable bonds is 7. The van der Waals surface area contributed by atoms with Gasteiger partial charge in [0.2, 0.25) is 5.91 Å². The molecule has 2 aliphatic heterocycles. The van der Waals surface area contributed by atoms with E-state index in [1.807, 2.05) is 0 Å². The number of hydrogen-bond donors (Lipinski definition) is 2. The first-order valence-corrected chi connectivity index (χ1v) is 11.5. The van der Waals surface area contributed by atoms with Crippen LogP contribution in [0.25, 0.3) is 10.9 Å². The number of amides is 1. The van der Waals surface area contributed by atoms with E-state index in [4.69, 9.17) is 0 Å². The van der Waals surface area contributed by atoms with Crippen molar-refractivity contribution in [2.24, 2.45) is 5.41 Å². The molecule has 0 spiro atoms. The molecule has 2 unspecified atom stereocenters. The van der Waals surface area contributed by atoms with Crippen LogP contribution in [0.2, 0.25) is 0 Å². The zero-order chi connectivity index (χ0) is 21.0. The van der Waals surface area contributed by atoms with Crippen LogP contribution in [0.15, 0.2) is 24.4 Å². The molecule has 2 N–H and O–H groups in total. The number of nitrogens with zero attached hydrogens (tertiary/aromatic N) is 1. The molecule has 2 aromatic rings. The van der Waals surface area contributed by atoms with E-state index in [-0.39, 0.29) is 35.7 Å². The summed E-state index contributed by atoms with van der Waals surface area (Å²) in [7, 11) is 0. The van der Waals surface area contributed by atoms with Crippen molar-refractivity contribution >= 4 is 22.8 Å². The summed E-state index contributed by atoms with van der Waals surface area (Å²) in [6.45, 7) is 4.29. The van der Waals surface area contributed by atoms with Crippen molar-refractivity contribution in [3.05, 3.63) is 35.5 Å². The summed E-state index contributed by atoms with van der Waals surface area (Å²) in [6, 6.07) is 6.92. The Bertz CT molecular complexity index is 983. The number of piperidine rings is 2. The minimum atomic E-state index is -0.706. The summed E-state index contributed by atoms with van der Waals surface area (Å²) in [5.41, 5.74) is 3.80. The van der Waals surface area contributed by atoms with Crippen LogP contribution in [-0.4, -0.2) is 39.0 Å². The summed E-state index contributed by atoms with van der Waals surface area (Å²) in [5.74, 6) is 0.369. The van der Waals surface area contributed by atoms with Crippen LogP contribution in [0.1, 0.15) is 88.2 Å². The number of carbonyl (C=O) groups is 2. The quantitative estimate of drug-likeness (QED) is 0.663. The highest BCUT2D eigenvalue weighted by atomic mass is 16.4. The third-order valence-electron chi connectivity index (χ3n) is 7.88. The number of carboxylic acid groups (broad SMARTS) is 1. The van der Waals surface area contributed by atoms with Crippen LogP contribution in [0.3, 0.4) is 0 Å². The third-order valence-corrected chi connectivity index (χ3v) is 7.88. The van der Waals surface area contributed by atoms with E-state index in [1.54, 1.807) is 0 Å². The molecule has 4 fully saturated rings. The van der Waals surface area contributed by atoms with Crippen LogP contribution >= 0.6 is 0 Å². The van der Waals surface area contributed by atoms with Gasteiger partial charge in [0, 0.05) is 35.6 Å². The number of fused-ring (bicyclic) bond motifs is 3. The van der Waals surface area contributed by atoms with Gasteiger partial charge in [0.05, 0.1) is 6.42 Å². The molecule has 5 heteroatoms. The summed E-state index contributed by atoms with van der Waals surface area (Å²) in [6.07, 6.45) is 8.85. The Morgan fingerprint density at radius 1 is 1.27 bits per heavy atom. The van der Waals surface area contributed by atoms with Gasteiger partial charge in [-0.2, -0.15) is 0 Å². The number of hydrogen-bond acceptors (Lipinski definition) is 2. The number of H-pyrrole nitrogens is 1. The van der Waals surface area contributed by atoms with Gasteiger partial charge in [-0.05, 0) is 73.0 Å². The smallest absolute Gasteiger partial charge is 0.303 e. The average Bonchev–Trinajstić information content (AvgIpc) is 3.43. The molecule has 2 saturated carbocycles. The van der Waals surface area contributed by atoms with Crippen LogP contribution in [0.5, 0.6) is 0 Å². The Balaban J connectivity index is 1.34. The van der Waals surface area contributed by atoms with E-state index in [9.17, 15) is 14.7 Å². The first kappa shape index (κ1) is 19.7. The molecule has 2 atom stereocenters. The maximum absolute atomic E-state index is 13.4. The van der Waals surface area contributed by atoms with Crippen LogP contribution < -0.4 is 0 Å². The lowest BCUT2D eigenvalue weighted by atomic mass is 9.56. The predicted octanol–water partition coefficient (Wildman–Crippen LogP) is 5.17. The average molecular weight is 409 g/mol. The van der Waals surface area contributed by atoms with Crippen molar-refractivity contribution in [2.45, 2.75) is 89.1 Å². The molecule has 2 saturated heterocycles. The van der Waals surface area contributed by atoms with Crippen LogP contribution in [0.4, 0.5) is 0 Å². The molecule has 6 rings (SSSR count). The molecule has 2 bridgehead atoms. The van der Waals surface area contributed by atoms with Gasteiger partial charge >= 0.3 is 5.97 Å². The minimum Gasteiger partial charge on any atom is -0.481 e. The molecular formula is C25H32N2O3. The van der Waals surface area contributed by atoms with E-state index >= 15 is 0 Å². The molecule has 2 aliphatic carbocycles. The maximum Gasteiger partial charge on any atom is 0.303 e. The monoisotopic (exact) mass is 408 g/mol. The van der Waals surface area contributed by atoms with E-state index in [0.717, 1.165) is 25.7 Å². The SMILES string of the molecule is CCC1CC2(CC(=O)O)CC(C2)N1C(=O)CC(C)c1c[nH]c2cccc(C3CC3)c12. The zero-order valence-corrected chi connectivity index (χ0v) is 18.0. The van der Waals surface area contributed by atoms with E-state index in [0.29, 0.717) is 12.3 Å². The second-order valence-corrected chi connectivity index (χ2v) is 10.1.